The Labute approximate surface area is 174 Å². The van der Waals surface area contributed by atoms with Crippen molar-refractivity contribution >= 4 is 28.9 Å². The van der Waals surface area contributed by atoms with E-state index in [1.54, 1.807) is 38.5 Å². The van der Waals surface area contributed by atoms with Crippen LogP contribution in [0.5, 0.6) is 5.75 Å². The number of hydrogen-bond donors (Lipinski definition) is 3. The highest BCUT2D eigenvalue weighted by Gasteiger charge is 2.27. The van der Waals surface area contributed by atoms with Crippen molar-refractivity contribution in [2.45, 2.75) is 45.5 Å². The van der Waals surface area contributed by atoms with Gasteiger partial charge < -0.3 is 24.6 Å². The van der Waals surface area contributed by atoms with Crippen LogP contribution in [-0.4, -0.2) is 54.9 Å². The summed E-state index contributed by atoms with van der Waals surface area (Å²) in [5, 5.41) is 30.9. The zero-order valence-corrected chi connectivity index (χ0v) is 17.4. The molecule has 0 aliphatic carbocycles. The number of aromatic nitrogens is 2. The minimum Gasteiger partial charge on any atom is -0.507 e. The van der Waals surface area contributed by atoms with Crippen LogP contribution in [0.4, 0.5) is 0 Å². The predicted molar refractivity (Wildman–Crippen MR) is 111 cm³/mol. The van der Waals surface area contributed by atoms with Gasteiger partial charge in [0.1, 0.15) is 29.3 Å². The monoisotopic (exact) mass is 414 g/mol. The molecule has 0 fully saturated rings. The lowest BCUT2D eigenvalue weighted by atomic mass is 9.99. The Balaban J connectivity index is 2.18. The molecule has 0 spiro atoms. The molecule has 30 heavy (non-hydrogen) atoms. The van der Waals surface area contributed by atoms with Gasteiger partial charge in [0, 0.05) is 24.6 Å². The van der Waals surface area contributed by atoms with E-state index < -0.39 is 30.1 Å². The number of nitrogens with zero attached hydrogens (tertiary/aromatic N) is 2. The van der Waals surface area contributed by atoms with Gasteiger partial charge in [-0.05, 0) is 26.3 Å². The van der Waals surface area contributed by atoms with Crippen LogP contribution in [0.3, 0.4) is 0 Å². The first-order valence-corrected chi connectivity index (χ1v) is 9.76. The van der Waals surface area contributed by atoms with E-state index in [9.17, 15) is 24.9 Å². The fourth-order valence-corrected chi connectivity index (χ4v) is 3.31. The highest BCUT2D eigenvalue weighted by atomic mass is 16.5. The van der Waals surface area contributed by atoms with Crippen LogP contribution in [0.15, 0.2) is 24.3 Å². The maximum Gasteiger partial charge on any atom is 0.342 e. The molecule has 1 aromatic heterocycles. The number of phenolic OH excluding ortho intramolecular Hbond substituents is 1. The zero-order valence-electron chi connectivity index (χ0n) is 17.4. The topological polar surface area (TPSA) is 122 Å². The van der Waals surface area contributed by atoms with E-state index in [1.807, 2.05) is 0 Å². The first-order chi connectivity index (χ1) is 14.1. The third kappa shape index (κ3) is 4.01. The first-order valence-electron chi connectivity index (χ1n) is 9.76. The van der Waals surface area contributed by atoms with Crippen molar-refractivity contribution < 1.29 is 29.6 Å². The van der Waals surface area contributed by atoms with Crippen LogP contribution >= 0.6 is 0 Å². The Hall–Kier alpha value is -2.97. The summed E-state index contributed by atoms with van der Waals surface area (Å²) in [6, 6.07) is 1.47. The van der Waals surface area contributed by atoms with Crippen molar-refractivity contribution in [3.05, 3.63) is 41.2 Å². The first kappa shape index (κ1) is 21.7. The molecule has 0 bridgehead atoms. The van der Waals surface area contributed by atoms with E-state index in [2.05, 4.69) is 4.98 Å². The van der Waals surface area contributed by atoms with Gasteiger partial charge >= 0.3 is 5.97 Å². The van der Waals surface area contributed by atoms with Crippen molar-refractivity contribution in [2.75, 3.05) is 0 Å². The number of aromatic hydroxyl groups is 1. The molecule has 2 heterocycles. The van der Waals surface area contributed by atoms with E-state index in [4.69, 9.17) is 4.74 Å². The van der Waals surface area contributed by atoms with Gasteiger partial charge in [-0.25, -0.2) is 9.78 Å². The number of phenols is 1. The van der Waals surface area contributed by atoms with E-state index in [-0.39, 0.29) is 23.7 Å². The third-order valence-electron chi connectivity index (χ3n) is 5.54. The van der Waals surface area contributed by atoms with Crippen LogP contribution in [-0.2, 0) is 16.6 Å². The lowest BCUT2D eigenvalue weighted by molar-refractivity contribution is -0.127. The molecule has 0 amide bonds. The third-order valence-corrected chi connectivity index (χ3v) is 5.54. The number of ether oxygens (including phenoxy) is 1. The molecule has 8 nitrogen and oxygen atoms in total. The predicted octanol–water partition coefficient (Wildman–Crippen LogP) is 2.03. The summed E-state index contributed by atoms with van der Waals surface area (Å²) in [7, 11) is 1.80. The van der Waals surface area contributed by atoms with E-state index in [0.29, 0.717) is 22.4 Å². The van der Waals surface area contributed by atoms with Gasteiger partial charge in [-0.1, -0.05) is 25.2 Å². The standard InChI is InChI=1S/C22H26N2O6/c1-11-8-9-17(26)21(28)16(25)7-5-6-14-19(22(29)30-12(11)2)18(27)10-15-20(14)23-13(3)24(15)4/h5-6,8-12,16,21,25,27-28H,7H2,1-4H3/b6-5+,9-8-/t11-,12+,16+,21+/m1/s1. The lowest BCUT2D eigenvalue weighted by Crippen LogP contribution is -2.32. The minimum atomic E-state index is -1.57. The molecule has 1 aromatic carbocycles. The quantitative estimate of drug-likeness (QED) is 0.564. The zero-order chi connectivity index (χ0) is 22.2. The fourth-order valence-electron chi connectivity index (χ4n) is 3.31. The number of aliphatic hydroxyl groups is 2. The molecular weight excluding hydrogens is 388 g/mol. The Bertz CT molecular complexity index is 1050. The average Bonchev–Trinajstić information content (AvgIpc) is 2.98. The second-order valence-corrected chi connectivity index (χ2v) is 7.65. The summed E-state index contributed by atoms with van der Waals surface area (Å²) in [4.78, 5) is 29.5. The number of ketones is 1. The molecule has 1 aliphatic heterocycles. The van der Waals surface area contributed by atoms with Gasteiger partial charge in [0.05, 0.1) is 17.1 Å². The molecular formula is C22H26N2O6. The van der Waals surface area contributed by atoms with Gasteiger partial charge in [-0.15, -0.1) is 0 Å². The van der Waals surface area contributed by atoms with Crippen molar-refractivity contribution in [3.63, 3.8) is 0 Å². The molecule has 1 aliphatic rings. The molecule has 3 rings (SSSR count). The molecule has 0 radical (unpaired) electrons. The number of carbonyl (C=O) groups excluding carboxylic acids is 2. The normalized spacial score (nSPS) is 27.9. The van der Waals surface area contributed by atoms with E-state index in [1.165, 1.54) is 24.3 Å². The maximum atomic E-state index is 12.9. The smallest absolute Gasteiger partial charge is 0.342 e. The Morgan fingerprint density at radius 3 is 2.60 bits per heavy atom. The molecule has 8 heteroatoms. The molecule has 2 aromatic rings. The summed E-state index contributed by atoms with van der Waals surface area (Å²) >= 11 is 0. The second kappa shape index (κ2) is 8.41. The van der Waals surface area contributed by atoms with Gasteiger partial charge in [0.25, 0.3) is 0 Å². The van der Waals surface area contributed by atoms with E-state index >= 15 is 0 Å². The lowest BCUT2D eigenvalue weighted by Gasteiger charge is -2.20. The number of carbonyl (C=O) groups is 2. The molecule has 160 valence electrons. The number of cyclic esters (lactones) is 1. The van der Waals surface area contributed by atoms with Gasteiger partial charge in [0.15, 0.2) is 5.78 Å². The van der Waals surface area contributed by atoms with Gasteiger partial charge in [-0.2, -0.15) is 0 Å². The highest BCUT2D eigenvalue weighted by Crippen LogP contribution is 2.33. The summed E-state index contributed by atoms with van der Waals surface area (Å²) in [5.41, 5.74) is 1.44. The molecule has 0 saturated carbocycles. The van der Waals surface area contributed by atoms with Crippen LogP contribution < -0.4 is 0 Å². The van der Waals surface area contributed by atoms with Crippen LogP contribution in [0.25, 0.3) is 17.1 Å². The Morgan fingerprint density at radius 2 is 1.90 bits per heavy atom. The largest absolute Gasteiger partial charge is 0.507 e. The van der Waals surface area contributed by atoms with Crippen molar-refractivity contribution in [1.29, 1.82) is 0 Å². The summed E-state index contributed by atoms with van der Waals surface area (Å²) in [6.45, 7) is 5.23. The SMILES string of the molecule is Cc1nc2c3c(c(O)cc2n1C)C(=O)O[C@@H](C)[C@H](C)/C=C\C(=O)[C@@H](O)[C@@H](O)C/C=C/3. The number of esters is 1. The fraction of sp³-hybridized carbons (Fsp3) is 0.409. The number of aryl methyl sites for hydroxylation is 2. The van der Waals surface area contributed by atoms with Crippen molar-refractivity contribution in [3.8, 4) is 5.75 Å². The van der Waals surface area contributed by atoms with Gasteiger partial charge in [-0.3, -0.25) is 4.79 Å². The van der Waals surface area contributed by atoms with Gasteiger partial charge in [0.2, 0.25) is 0 Å². The molecule has 4 atom stereocenters. The molecule has 0 saturated heterocycles. The number of hydrogen-bond acceptors (Lipinski definition) is 7. The number of aliphatic hydroxyl groups excluding tert-OH is 2. The van der Waals surface area contributed by atoms with Crippen molar-refractivity contribution in [2.24, 2.45) is 13.0 Å². The second-order valence-electron chi connectivity index (χ2n) is 7.65. The number of benzene rings is 1. The Kier molecular flexibility index (Phi) is 6.09. The summed E-state index contributed by atoms with van der Waals surface area (Å²) in [5.74, 6) is -1.24. The average molecular weight is 414 g/mol. The van der Waals surface area contributed by atoms with E-state index in [0.717, 1.165) is 0 Å². The number of rotatable bonds is 0. The number of imidazole rings is 1. The van der Waals surface area contributed by atoms with Crippen LogP contribution in [0.2, 0.25) is 0 Å². The maximum absolute atomic E-state index is 12.9. The van der Waals surface area contributed by atoms with Crippen molar-refractivity contribution in [1.82, 2.24) is 9.55 Å². The molecule has 0 unspecified atom stereocenters. The minimum absolute atomic E-state index is 0.0250. The molecule has 3 N–H and O–H groups in total. The summed E-state index contributed by atoms with van der Waals surface area (Å²) < 4.78 is 7.33. The highest BCUT2D eigenvalue weighted by molar-refractivity contribution is 6.04. The van der Waals surface area contributed by atoms with Crippen LogP contribution in [0.1, 0.15) is 42.0 Å². The van der Waals surface area contributed by atoms with Crippen LogP contribution in [0, 0.1) is 12.8 Å². The summed E-state index contributed by atoms with van der Waals surface area (Å²) in [6.07, 6.45) is 2.24. The Morgan fingerprint density at radius 1 is 1.20 bits per heavy atom. The number of fused-ring (bicyclic) bond motifs is 3.